The number of hydrogen-bond donors (Lipinski definition) is 1. The molecule has 0 unspecified atom stereocenters. The largest absolute Gasteiger partial charge is 0.497 e. The summed E-state index contributed by atoms with van der Waals surface area (Å²) in [5.74, 6) is 0.490. The van der Waals surface area contributed by atoms with Gasteiger partial charge in [0.25, 0.3) is 5.91 Å². The van der Waals surface area contributed by atoms with Gasteiger partial charge in [-0.05, 0) is 37.3 Å². The van der Waals surface area contributed by atoms with E-state index in [1.807, 2.05) is 47.7 Å². The summed E-state index contributed by atoms with van der Waals surface area (Å²) in [6.45, 7) is 1.97. The van der Waals surface area contributed by atoms with Crippen molar-refractivity contribution in [1.82, 2.24) is 14.4 Å². The van der Waals surface area contributed by atoms with E-state index in [0.717, 1.165) is 27.3 Å². The average molecular weight is 338 g/mol. The van der Waals surface area contributed by atoms with E-state index >= 15 is 0 Å². The van der Waals surface area contributed by atoms with Gasteiger partial charge in [-0.2, -0.15) is 0 Å². The van der Waals surface area contributed by atoms with Crippen LogP contribution in [0.2, 0.25) is 0 Å². The molecular formula is C17H14N4O2S. The van der Waals surface area contributed by atoms with Crippen LogP contribution in [0.15, 0.2) is 42.6 Å². The lowest BCUT2D eigenvalue weighted by Crippen LogP contribution is -2.11. The third-order valence-electron chi connectivity index (χ3n) is 3.74. The molecule has 1 aromatic carbocycles. The third-order valence-corrected chi connectivity index (χ3v) is 4.68. The summed E-state index contributed by atoms with van der Waals surface area (Å²) in [6.07, 6.45) is 1.73. The highest BCUT2D eigenvalue weighted by atomic mass is 32.1. The van der Waals surface area contributed by atoms with Gasteiger partial charge in [-0.25, -0.2) is 9.97 Å². The highest BCUT2D eigenvalue weighted by molar-refractivity contribution is 7.22. The topological polar surface area (TPSA) is 68.5 Å². The molecule has 0 bridgehead atoms. The number of fused-ring (bicyclic) bond motifs is 2. The number of amides is 1. The van der Waals surface area contributed by atoms with Crippen molar-refractivity contribution in [3.8, 4) is 5.75 Å². The average Bonchev–Trinajstić information content (AvgIpc) is 3.18. The number of rotatable bonds is 3. The standard InChI is InChI=1S/C17H14N4O2S/c1-10-4-3-5-15-18-13(9-21(10)15)16(22)20-17-19-12-7-6-11(23-2)8-14(12)24-17/h3-9H,1-2H3,(H,19,20,22). The Hall–Kier alpha value is -2.93. The Morgan fingerprint density at radius 3 is 2.92 bits per heavy atom. The first kappa shape index (κ1) is 14.6. The number of hydrogen-bond acceptors (Lipinski definition) is 5. The van der Waals surface area contributed by atoms with E-state index in [4.69, 9.17) is 4.74 Å². The summed E-state index contributed by atoms with van der Waals surface area (Å²) in [4.78, 5) is 21.2. The molecular weight excluding hydrogens is 324 g/mol. The quantitative estimate of drug-likeness (QED) is 0.621. The molecule has 0 atom stereocenters. The lowest BCUT2D eigenvalue weighted by Gasteiger charge is -1.96. The fraction of sp³-hybridized carbons (Fsp3) is 0.118. The van der Waals surface area contributed by atoms with Crippen LogP contribution in [0.1, 0.15) is 16.2 Å². The number of benzene rings is 1. The first-order chi connectivity index (χ1) is 11.6. The Morgan fingerprint density at radius 1 is 1.25 bits per heavy atom. The smallest absolute Gasteiger partial charge is 0.277 e. The van der Waals surface area contributed by atoms with Crippen LogP contribution >= 0.6 is 11.3 Å². The summed E-state index contributed by atoms with van der Waals surface area (Å²) in [5, 5.41) is 3.36. The number of imidazole rings is 1. The lowest BCUT2D eigenvalue weighted by atomic mass is 10.3. The number of anilines is 1. The van der Waals surface area contributed by atoms with Crippen LogP contribution in [0.25, 0.3) is 15.9 Å². The Kier molecular flexibility index (Phi) is 3.42. The molecule has 4 aromatic rings. The first-order valence-electron chi connectivity index (χ1n) is 7.35. The van der Waals surface area contributed by atoms with Crippen LogP contribution in [0.3, 0.4) is 0 Å². The van der Waals surface area contributed by atoms with Gasteiger partial charge in [-0.3, -0.25) is 10.1 Å². The highest BCUT2D eigenvalue weighted by Gasteiger charge is 2.14. The molecule has 0 aliphatic carbocycles. The molecule has 7 heteroatoms. The SMILES string of the molecule is COc1ccc2nc(NC(=O)c3cn4c(C)cccc4n3)sc2c1. The van der Waals surface area contributed by atoms with Gasteiger partial charge in [0.2, 0.25) is 0 Å². The third kappa shape index (κ3) is 2.48. The van der Waals surface area contributed by atoms with E-state index < -0.39 is 0 Å². The van der Waals surface area contributed by atoms with E-state index in [2.05, 4.69) is 15.3 Å². The summed E-state index contributed by atoms with van der Waals surface area (Å²) in [5.41, 5.74) is 2.95. The summed E-state index contributed by atoms with van der Waals surface area (Å²) >= 11 is 1.40. The van der Waals surface area contributed by atoms with Crippen LogP contribution in [-0.2, 0) is 0 Å². The molecule has 120 valence electrons. The summed E-state index contributed by atoms with van der Waals surface area (Å²) in [7, 11) is 1.62. The zero-order chi connectivity index (χ0) is 16.7. The second-order valence-corrected chi connectivity index (χ2v) is 6.36. The molecule has 0 aliphatic heterocycles. The molecule has 0 fully saturated rings. The van der Waals surface area contributed by atoms with Crippen molar-refractivity contribution in [1.29, 1.82) is 0 Å². The number of nitrogens with one attached hydrogen (secondary N) is 1. The number of pyridine rings is 1. The molecule has 0 aliphatic rings. The molecule has 1 N–H and O–H groups in total. The molecule has 0 saturated heterocycles. The molecule has 0 radical (unpaired) electrons. The Bertz CT molecular complexity index is 1070. The van der Waals surface area contributed by atoms with E-state index in [0.29, 0.717) is 10.8 Å². The number of ether oxygens (including phenoxy) is 1. The Labute approximate surface area is 141 Å². The van der Waals surface area contributed by atoms with Gasteiger partial charge in [0.05, 0.1) is 17.3 Å². The molecule has 0 saturated carbocycles. The van der Waals surface area contributed by atoms with Gasteiger partial charge in [0, 0.05) is 11.9 Å². The fourth-order valence-electron chi connectivity index (χ4n) is 2.50. The second kappa shape index (κ2) is 5.61. The fourth-order valence-corrected chi connectivity index (χ4v) is 3.39. The van der Waals surface area contributed by atoms with E-state index in [1.54, 1.807) is 13.3 Å². The van der Waals surface area contributed by atoms with Gasteiger partial charge < -0.3 is 9.14 Å². The van der Waals surface area contributed by atoms with Crippen molar-refractivity contribution in [3.05, 3.63) is 54.0 Å². The lowest BCUT2D eigenvalue weighted by molar-refractivity contribution is 0.102. The maximum atomic E-state index is 12.4. The van der Waals surface area contributed by atoms with Crippen LogP contribution in [-0.4, -0.2) is 27.4 Å². The van der Waals surface area contributed by atoms with Gasteiger partial charge in [-0.15, -0.1) is 0 Å². The number of aromatic nitrogens is 3. The van der Waals surface area contributed by atoms with E-state index in [-0.39, 0.29) is 5.91 Å². The zero-order valence-electron chi connectivity index (χ0n) is 13.1. The van der Waals surface area contributed by atoms with Gasteiger partial charge in [-0.1, -0.05) is 17.4 Å². The van der Waals surface area contributed by atoms with Crippen molar-refractivity contribution in [2.45, 2.75) is 6.92 Å². The maximum Gasteiger partial charge on any atom is 0.277 e. The van der Waals surface area contributed by atoms with Crippen LogP contribution in [0.5, 0.6) is 5.75 Å². The minimum absolute atomic E-state index is 0.274. The normalized spacial score (nSPS) is 11.1. The van der Waals surface area contributed by atoms with Crippen LogP contribution < -0.4 is 10.1 Å². The highest BCUT2D eigenvalue weighted by Crippen LogP contribution is 2.29. The van der Waals surface area contributed by atoms with Gasteiger partial charge >= 0.3 is 0 Å². The zero-order valence-corrected chi connectivity index (χ0v) is 13.9. The first-order valence-corrected chi connectivity index (χ1v) is 8.16. The number of carbonyl (C=O) groups is 1. The summed E-state index contributed by atoms with van der Waals surface area (Å²) in [6, 6.07) is 11.4. The van der Waals surface area contributed by atoms with Crippen LogP contribution in [0, 0.1) is 6.92 Å². The molecule has 3 aromatic heterocycles. The predicted molar refractivity (Wildman–Crippen MR) is 94.1 cm³/mol. The van der Waals surface area contributed by atoms with Gasteiger partial charge in [0.15, 0.2) is 5.13 Å². The predicted octanol–water partition coefficient (Wildman–Crippen LogP) is 3.51. The molecule has 1 amide bonds. The summed E-state index contributed by atoms with van der Waals surface area (Å²) < 4.78 is 8.05. The van der Waals surface area contributed by atoms with Crippen LogP contribution in [0.4, 0.5) is 5.13 Å². The molecule has 6 nitrogen and oxygen atoms in total. The van der Waals surface area contributed by atoms with E-state index in [9.17, 15) is 4.79 Å². The van der Waals surface area contributed by atoms with Crippen molar-refractivity contribution in [2.24, 2.45) is 0 Å². The number of thiazole rings is 1. The molecule has 24 heavy (non-hydrogen) atoms. The van der Waals surface area contributed by atoms with Crippen molar-refractivity contribution >= 4 is 38.2 Å². The second-order valence-electron chi connectivity index (χ2n) is 5.33. The van der Waals surface area contributed by atoms with Gasteiger partial charge in [0.1, 0.15) is 17.1 Å². The number of nitrogens with zero attached hydrogens (tertiary/aromatic N) is 3. The van der Waals surface area contributed by atoms with Crippen molar-refractivity contribution < 1.29 is 9.53 Å². The molecule has 4 rings (SSSR count). The molecule has 0 spiro atoms. The monoisotopic (exact) mass is 338 g/mol. The van der Waals surface area contributed by atoms with E-state index in [1.165, 1.54) is 11.3 Å². The minimum Gasteiger partial charge on any atom is -0.497 e. The van der Waals surface area contributed by atoms with Crippen molar-refractivity contribution in [2.75, 3.05) is 12.4 Å². The minimum atomic E-state index is -0.274. The maximum absolute atomic E-state index is 12.4. The Balaban J connectivity index is 1.64. The number of aryl methyl sites for hydroxylation is 1. The molecule has 3 heterocycles. The number of carbonyl (C=O) groups excluding carboxylic acids is 1. The number of methoxy groups -OCH3 is 1. The Morgan fingerprint density at radius 2 is 2.12 bits per heavy atom. The van der Waals surface area contributed by atoms with Crippen molar-refractivity contribution in [3.63, 3.8) is 0 Å².